The number of rotatable bonds is 4. The zero-order valence-corrected chi connectivity index (χ0v) is 17.6. The van der Waals surface area contributed by atoms with Crippen LogP contribution in [-0.2, 0) is 0 Å². The molecule has 4 rings (SSSR count). The molecule has 4 aromatic rings. The first kappa shape index (κ1) is 18.3. The van der Waals surface area contributed by atoms with Crippen LogP contribution in [0.2, 0.25) is 0 Å². The SMILES string of the molecule is Cc1cc(C)n(-c2nc(Nc3ccc(Br)cc3)nc(-n3nc(C)cc3C)n2)n1. The van der Waals surface area contributed by atoms with E-state index in [0.29, 0.717) is 17.8 Å². The van der Waals surface area contributed by atoms with Gasteiger partial charge >= 0.3 is 0 Å². The second-order valence-electron chi connectivity index (χ2n) is 6.57. The Morgan fingerprint density at radius 1 is 0.750 bits per heavy atom. The molecule has 28 heavy (non-hydrogen) atoms. The van der Waals surface area contributed by atoms with Gasteiger partial charge in [-0.25, -0.2) is 9.36 Å². The molecule has 0 unspecified atom stereocenters. The van der Waals surface area contributed by atoms with Gasteiger partial charge in [0.15, 0.2) is 0 Å². The second-order valence-corrected chi connectivity index (χ2v) is 7.48. The molecule has 8 nitrogen and oxygen atoms in total. The van der Waals surface area contributed by atoms with E-state index in [0.717, 1.165) is 32.9 Å². The number of aryl methyl sites for hydroxylation is 4. The van der Waals surface area contributed by atoms with Crippen LogP contribution >= 0.6 is 15.9 Å². The van der Waals surface area contributed by atoms with Crippen LogP contribution in [-0.4, -0.2) is 34.5 Å². The van der Waals surface area contributed by atoms with Crippen LogP contribution in [0.4, 0.5) is 11.6 Å². The van der Waals surface area contributed by atoms with Crippen LogP contribution in [0.1, 0.15) is 22.8 Å². The van der Waals surface area contributed by atoms with Crippen molar-refractivity contribution in [3.05, 3.63) is 63.6 Å². The van der Waals surface area contributed by atoms with Crippen molar-refractivity contribution in [3.8, 4) is 11.9 Å². The molecule has 0 atom stereocenters. The minimum atomic E-state index is 0.419. The van der Waals surface area contributed by atoms with Gasteiger partial charge in [0, 0.05) is 21.5 Å². The summed E-state index contributed by atoms with van der Waals surface area (Å²) in [6.07, 6.45) is 0. The lowest BCUT2D eigenvalue weighted by molar-refractivity contribution is 0.720. The molecule has 1 N–H and O–H groups in total. The van der Waals surface area contributed by atoms with Gasteiger partial charge in [-0.15, -0.1) is 0 Å². The van der Waals surface area contributed by atoms with E-state index in [1.54, 1.807) is 9.36 Å². The highest BCUT2D eigenvalue weighted by Crippen LogP contribution is 2.19. The molecule has 0 radical (unpaired) electrons. The molecule has 9 heteroatoms. The fourth-order valence-electron chi connectivity index (χ4n) is 2.92. The van der Waals surface area contributed by atoms with E-state index >= 15 is 0 Å². The number of hydrogen-bond acceptors (Lipinski definition) is 6. The smallest absolute Gasteiger partial charge is 0.257 e. The molecular formula is C19H19BrN8. The first-order chi connectivity index (χ1) is 13.4. The van der Waals surface area contributed by atoms with Crippen LogP contribution in [0.15, 0.2) is 40.9 Å². The Morgan fingerprint density at radius 2 is 1.25 bits per heavy atom. The molecule has 0 fully saturated rings. The summed E-state index contributed by atoms with van der Waals surface area (Å²) in [4.78, 5) is 13.8. The van der Waals surface area contributed by atoms with Crippen molar-refractivity contribution in [2.45, 2.75) is 27.7 Å². The topological polar surface area (TPSA) is 86.3 Å². The van der Waals surface area contributed by atoms with E-state index in [1.807, 2.05) is 64.1 Å². The van der Waals surface area contributed by atoms with E-state index in [4.69, 9.17) is 0 Å². The lowest BCUT2D eigenvalue weighted by Crippen LogP contribution is -2.14. The van der Waals surface area contributed by atoms with Gasteiger partial charge in [-0.05, 0) is 64.1 Å². The van der Waals surface area contributed by atoms with Crippen molar-refractivity contribution in [1.82, 2.24) is 34.5 Å². The van der Waals surface area contributed by atoms with Crippen LogP contribution < -0.4 is 5.32 Å². The summed E-state index contributed by atoms with van der Waals surface area (Å²) in [5.74, 6) is 1.29. The quantitative estimate of drug-likeness (QED) is 0.518. The maximum atomic E-state index is 4.61. The van der Waals surface area contributed by atoms with Gasteiger partial charge in [-0.1, -0.05) is 15.9 Å². The zero-order valence-electron chi connectivity index (χ0n) is 16.0. The average Bonchev–Trinajstić information content (AvgIpc) is 3.17. The van der Waals surface area contributed by atoms with Crippen molar-refractivity contribution in [2.75, 3.05) is 5.32 Å². The number of halogens is 1. The lowest BCUT2D eigenvalue weighted by atomic mass is 10.3. The monoisotopic (exact) mass is 438 g/mol. The molecule has 142 valence electrons. The Morgan fingerprint density at radius 3 is 1.68 bits per heavy atom. The third kappa shape index (κ3) is 3.65. The summed E-state index contributed by atoms with van der Waals surface area (Å²) in [7, 11) is 0. The fourth-order valence-corrected chi connectivity index (χ4v) is 3.19. The molecule has 0 bridgehead atoms. The van der Waals surface area contributed by atoms with E-state index in [1.165, 1.54) is 0 Å². The highest BCUT2D eigenvalue weighted by molar-refractivity contribution is 9.10. The summed E-state index contributed by atoms with van der Waals surface area (Å²) >= 11 is 3.44. The molecule has 0 aliphatic carbocycles. The van der Waals surface area contributed by atoms with Crippen molar-refractivity contribution in [2.24, 2.45) is 0 Å². The summed E-state index contributed by atoms with van der Waals surface area (Å²) in [6.45, 7) is 7.81. The second kappa shape index (κ2) is 7.16. The highest BCUT2D eigenvalue weighted by atomic mass is 79.9. The van der Waals surface area contributed by atoms with Gasteiger partial charge < -0.3 is 5.32 Å². The molecule has 0 aliphatic heterocycles. The van der Waals surface area contributed by atoms with Crippen molar-refractivity contribution < 1.29 is 0 Å². The van der Waals surface area contributed by atoms with Gasteiger partial charge in [0.25, 0.3) is 11.9 Å². The minimum Gasteiger partial charge on any atom is -0.324 e. The highest BCUT2D eigenvalue weighted by Gasteiger charge is 2.15. The number of nitrogens with one attached hydrogen (secondary N) is 1. The number of aromatic nitrogens is 7. The first-order valence-electron chi connectivity index (χ1n) is 8.75. The molecule has 3 heterocycles. The van der Waals surface area contributed by atoms with Crippen molar-refractivity contribution >= 4 is 27.6 Å². The molecular weight excluding hydrogens is 420 g/mol. The fraction of sp³-hybridized carbons (Fsp3) is 0.211. The van der Waals surface area contributed by atoms with E-state index in [-0.39, 0.29) is 0 Å². The van der Waals surface area contributed by atoms with E-state index in [2.05, 4.69) is 46.4 Å². The number of hydrogen-bond donors (Lipinski definition) is 1. The Balaban J connectivity index is 1.84. The summed E-state index contributed by atoms with van der Waals surface area (Å²) in [6, 6.07) is 11.8. The predicted octanol–water partition coefficient (Wildman–Crippen LogP) is 3.98. The van der Waals surface area contributed by atoms with E-state index < -0.39 is 0 Å². The average molecular weight is 439 g/mol. The standard InChI is InChI=1S/C19H19BrN8/c1-11-9-13(3)27(25-11)18-22-17(21-16-7-5-15(20)6-8-16)23-19(24-18)28-14(4)10-12(2)26-28/h5-10H,1-4H3,(H,21,22,23,24). The molecule has 0 aliphatic rings. The number of nitrogens with zero attached hydrogens (tertiary/aromatic N) is 7. The van der Waals surface area contributed by atoms with Crippen LogP contribution in [0, 0.1) is 27.7 Å². The summed E-state index contributed by atoms with van der Waals surface area (Å²) < 4.78 is 4.41. The van der Waals surface area contributed by atoms with Crippen molar-refractivity contribution in [1.29, 1.82) is 0 Å². The zero-order chi connectivity index (χ0) is 19.8. The Hall–Kier alpha value is -3.07. The largest absolute Gasteiger partial charge is 0.324 e. The third-order valence-electron chi connectivity index (χ3n) is 4.11. The minimum absolute atomic E-state index is 0.419. The summed E-state index contributed by atoms with van der Waals surface area (Å²) in [5, 5.41) is 12.2. The molecule has 1 aromatic carbocycles. The first-order valence-corrected chi connectivity index (χ1v) is 9.54. The molecule has 0 saturated carbocycles. The molecule has 3 aromatic heterocycles. The molecule has 0 saturated heterocycles. The lowest BCUT2D eigenvalue weighted by Gasteiger charge is -2.10. The van der Waals surface area contributed by atoms with E-state index in [9.17, 15) is 0 Å². The maximum Gasteiger partial charge on any atom is 0.257 e. The van der Waals surface area contributed by atoms with Crippen LogP contribution in [0.3, 0.4) is 0 Å². The van der Waals surface area contributed by atoms with Crippen molar-refractivity contribution in [3.63, 3.8) is 0 Å². The van der Waals surface area contributed by atoms with Crippen LogP contribution in [0.25, 0.3) is 11.9 Å². The molecule has 0 amide bonds. The predicted molar refractivity (Wildman–Crippen MR) is 110 cm³/mol. The number of benzene rings is 1. The Bertz CT molecular complexity index is 1080. The Labute approximate surface area is 170 Å². The maximum absolute atomic E-state index is 4.61. The third-order valence-corrected chi connectivity index (χ3v) is 4.64. The number of anilines is 2. The normalized spacial score (nSPS) is 11.0. The van der Waals surface area contributed by atoms with Gasteiger partial charge in [0.05, 0.1) is 11.4 Å². The molecule has 0 spiro atoms. The van der Waals surface area contributed by atoms with Crippen LogP contribution in [0.5, 0.6) is 0 Å². The van der Waals surface area contributed by atoms with Gasteiger partial charge in [-0.2, -0.15) is 25.1 Å². The van der Waals surface area contributed by atoms with Gasteiger partial charge in [0.2, 0.25) is 5.95 Å². The van der Waals surface area contributed by atoms with Gasteiger partial charge in [-0.3, -0.25) is 0 Å². The van der Waals surface area contributed by atoms with Gasteiger partial charge in [0.1, 0.15) is 0 Å². The summed E-state index contributed by atoms with van der Waals surface area (Å²) in [5.41, 5.74) is 4.55. The Kier molecular flexibility index (Phi) is 4.68.